The first kappa shape index (κ1) is 26.0. The van der Waals surface area contributed by atoms with Gasteiger partial charge in [-0.25, -0.2) is 4.39 Å². The number of benzene rings is 2. The van der Waals surface area contributed by atoms with Crippen molar-refractivity contribution in [1.82, 2.24) is 19.2 Å². The Labute approximate surface area is 226 Å². The Hall–Kier alpha value is -3.66. The zero-order chi connectivity index (χ0) is 27.0. The predicted octanol–water partition coefficient (Wildman–Crippen LogP) is 3.68. The molecular formula is C27H23Cl2FN4O4. The molecular weight excluding hydrogens is 534 g/mol. The van der Waals surface area contributed by atoms with E-state index in [9.17, 15) is 23.9 Å². The fourth-order valence-corrected chi connectivity index (χ4v) is 5.07. The number of nitrogens with one attached hydrogen (secondary N) is 1. The third kappa shape index (κ3) is 4.92. The van der Waals surface area contributed by atoms with Gasteiger partial charge in [-0.15, -0.1) is 0 Å². The van der Waals surface area contributed by atoms with E-state index in [1.807, 2.05) is 0 Å². The van der Waals surface area contributed by atoms with Gasteiger partial charge in [0.15, 0.2) is 6.10 Å². The average Bonchev–Trinajstić information content (AvgIpc) is 3.25. The smallest absolute Gasteiger partial charge is 0.272 e. The average molecular weight is 557 g/mol. The quantitative estimate of drug-likeness (QED) is 0.391. The van der Waals surface area contributed by atoms with Gasteiger partial charge in [-0.2, -0.15) is 0 Å². The molecule has 2 aromatic heterocycles. The van der Waals surface area contributed by atoms with Crippen LogP contribution in [0.3, 0.4) is 0 Å². The highest BCUT2D eigenvalue weighted by molar-refractivity contribution is 6.42. The summed E-state index contributed by atoms with van der Waals surface area (Å²) in [5, 5.41) is 10.8. The van der Waals surface area contributed by atoms with E-state index in [-0.39, 0.29) is 59.4 Å². The molecule has 0 saturated carbocycles. The number of piperazine rings is 1. The van der Waals surface area contributed by atoms with Gasteiger partial charge in [0.25, 0.3) is 17.4 Å². The number of aromatic amines is 1. The molecule has 0 spiro atoms. The van der Waals surface area contributed by atoms with Crippen LogP contribution in [-0.4, -0.2) is 62.3 Å². The topological polar surface area (TPSA) is 98.1 Å². The van der Waals surface area contributed by atoms with Gasteiger partial charge in [0.2, 0.25) is 0 Å². The molecule has 0 bridgehead atoms. The number of nitrogens with zero attached hydrogens (tertiary/aromatic N) is 3. The number of H-pyrrole nitrogens is 1. The summed E-state index contributed by atoms with van der Waals surface area (Å²) in [5.74, 6) is -1.59. The molecule has 1 aliphatic rings. The molecule has 2 N–H and O–H groups in total. The molecule has 196 valence electrons. The number of aliphatic hydroxyl groups is 1. The van der Waals surface area contributed by atoms with Crippen molar-refractivity contribution in [3.05, 3.63) is 110 Å². The lowest BCUT2D eigenvalue weighted by atomic mass is 10.0. The highest BCUT2D eigenvalue weighted by Gasteiger charge is 2.30. The van der Waals surface area contributed by atoms with E-state index in [0.717, 1.165) is 0 Å². The minimum Gasteiger partial charge on any atom is -0.378 e. The first-order valence-electron chi connectivity index (χ1n) is 11.9. The summed E-state index contributed by atoms with van der Waals surface area (Å²) >= 11 is 12.4. The SMILES string of the molecule is O=C(c1cc(Cc2c[nH]c(=O)c3cc(Cl)c(Cl)n23)ccc1F)N1CCN(C(=O)C(O)c2ccccc2)CC1. The van der Waals surface area contributed by atoms with E-state index in [1.54, 1.807) is 36.4 Å². The first-order chi connectivity index (χ1) is 18.2. The van der Waals surface area contributed by atoms with Gasteiger partial charge in [-0.1, -0.05) is 59.6 Å². The molecule has 1 atom stereocenters. The fraction of sp³-hybridized carbons (Fsp3) is 0.222. The lowest BCUT2D eigenvalue weighted by Crippen LogP contribution is -2.51. The van der Waals surface area contributed by atoms with Gasteiger partial charge in [-0.3, -0.25) is 18.8 Å². The maximum Gasteiger partial charge on any atom is 0.272 e. The molecule has 2 aromatic carbocycles. The minimum absolute atomic E-state index is 0.0936. The number of aliphatic hydroxyl groups excluding tert-OH is 1. The number of fused-ring (bicyclic) bond motifs is 1. The van der Waals surface area contributed by atoms with Crippen molar-refractivity contribution in [3.8, 4) is 0 Å². The molecule has 1 fully saturated rings. The lowest BCUT2D eigenvalue weighted by molar-refractivity contribution is -0.142. The number of aromatic nitrogens is 2. The molecule has 4 aromatic rings. The Bertz CT molecular complexity index is 1580. The van der Waals surface area contributed by atoms with E-state index < -0.39 is 23.7 Å². The molecule has 5 rings (SSSR count). The third-order valence-corrected chi connectivity index (χ3v) is 7.42. The molecule has 0 radical (unpaired) electrons. The molecule has 38 heavy (non-hydrogen) atoms. The van der Waals surface area contributed by atoms with Crippen LogP contribution in [0.2, 0.25) is 10.2 Å². The number of carbonyl (C=O) groups is 2. The van der Waals surface area contributed by atoms with Crippen LogP contribution in [0.5, 0.6) is 0 Å². The molecule has 1 aliphatic heterocycles. The van der Waals surface area contributed by atoms with E-state index in [0.29, 0.717) is 16.8 Å². The second-order valence-electron chi connectivity index (χ2n) is 9.03. The summed E-state index contributed by atoms with van der Waals surface area (Å²) in [6.07, 6.45) is 0.469. The number of carbonyl (C=O) groups excluding carboxylic acids is 2. The number of hydrogen-bond donors (Lipinski definition) is 2. The third-order valence-electron chi connectivity index (χ3n) is 6.66. The van der Waals surface area contributed by atoms with Gasteiger partial charge >= 0.3 is 0 Å². The second kappa shape index (κ2) is 10.6. The zero-order valence-electron chi connectivity index (χ0n) is 20.0. The normalized spacial score (nSPS) is 14.6. The highest BCUT2D eigenvalue weighted by Crippen LogP contribution is 2.27. The summed E-state index contributed by atoms with van der Waals surface area (Å²) in [7, 11) is 0. The predicted molar refractivity (Wildman–Crippen MR) is 141 cm³/mol. The number of amides is 2. The summed E-state index contributed by atoms with van der Waals surface area (Å²) < 4.78 is 16.3. The monoisotopic (exact) mass is 556 g/mol. The maximum absolute atomic E-state index is 14.7. The Morgan fingerprint density at radius 2 is 1.68 bits per heavy atom. The number of hydrogen-bond acceptors (Lipinski definition) is 4. The summed E-state index contributed by atoms with van der Waals surface area (Å²) in [5.41, 5.74) is 1.56. The van der Waals surface area contributed by atoms with Crippen LogP contribution >= 0.6 is 23.2 Å². The van der Waals surface area contributed by atoms with Crippen LogP contribution < -0.4 is 5.56 Å². The Balaban J connectivity index is 1.30. The zero-order valence-corrected chi connectivity index (χ0v) is 21.5. The fourth-order valence-electron chi connectivity index (χ4n) is 4.63. The van der Waals surface area contributed by atoms with Crippen molar-refractivity contribution in [2.75, 3.05) is 26.2 Å². The van der Waals surface area contributed by atoms with Crippen molar-refractivity contribution < 1.29 is 19.1 Å². The van der Waals surface area contributed by atoms with E-state index in [2.05, 4.69) is 4.98 Å². The minimum atomic E-state index is -1.28. The summed E-state index contributed by atoms with van der Waals surface area (Å²) in [6, 6.07) is 14.4. The summed E-state index contributed by atoms with van der Waals surface area (Å²) in [6.45, 7) is 0.845. The molecule has 1 saturated heterocycles. The summed E-state index contributed by atoms with van der Waals surface area (Å²) in [4.78, 5) is 43.7. The van der Waals surface area contributed by atoms with Crippen molar-refractivity contribution in [2.45, 2.75) is 12.5 Å². The second-order valence-corrected chi connectivity index (χ2v) is 9.80. The van der Waals surface area contributed by atoms with Crippen molar-refractivity contribution in [3.63, 3.8) is 0 Å². The van der Waals surface area contributed by atoms with Crippen LogP contribution in [0.25, 0.3) is 5.52 Å². The standard InChI is InChI=1S/C27H23Cl2FN4O4/c28-20-14-22-25(36)31-15-18(34(22)24(20)29)12-16-6-7-21(30)19(13-16)26(37)32-8-10-33(11-9-32)27(38)23(35)17-4-2-1-3-5-17/h1-7,13-15,23,35H,8-12H2,(H,31,36). The van der Waals surface area contributed by atoms with Gasteiger partial charge in [0.05, 0.1) is 10.6 Å². The van der Waals surface area contributed by atoms with Crippen LogP contribution in [0.1, 0.15) is 33.3 Å². The molecule has 2 amide bonds. The van der Waals surface area contributed by atoms with Crippen LogP contribution in [0, 0.1) is 5.82 Å². The number of rotatable bonds is 5. The molecule has 11 heteroatoms. The number of halogens is 3. The molecule has 8 nitrogen and oxygen atoms in total. The highest BCUT2D eigenvalue weighted by atomic mass is 35.5. The Morgan fingerprint density at radius 1 is 1.00 bits per heavy atom. The Kier molecular flexibility index (Phi) is 7.25. The maximum atomic E-state index is 14.7. The van der Waals surface area contributed by atoms with Crippen LogP contribution in [-0.2, 0) is 11.2 Å². The van der Waals surface area contributed by atoms with Crippen LogP contribution in [0.4, 0.5) is 4.39 Å². The Morgan fingerprint density at radius 3 is 2.39 bits per heavy atom. The van der Waals surface area contributed by atoms with Crippen molar-refractivity contribution in [2.24, 2.45) is 0 Å². The molecule has 0 aliphatic carbocycles. The van der Waals surface area contributed by atoms with E-state index >= 15 is 0 Å². The lowest BCUT2D eigenvalue weighted by Gasteiger charge is -2.35. The van der Waals surface area contributed by atoms with Gasteiger partial charge in [0.1, 0.15) is 16.5 Å². The van der Waals surface area contributed by atoms with E-state index in [4.69, 9.17) is 23.2 Å². The van der Waals surface area contributed by atoms with E-state index in [1.165, 1.54) is 38.6 Å². The van der Waals surface area contributed by atoms with Gasteiger partial charge < -0.3 is 19.9 Å². The molecule has 3 heterocycles. The van der Waals surface area contributed by atoms with Crippen molar-refractivity contribution >= 4 is 40.5 Å². The largest absolute Gasteiger partial charge is 0.378 e. The van der Waals surface area contributed by atoms with Gasteiger partial charge in [0, 0.05) is 44.5 Å². The molecule has 1 unspecified atom stereocenters. The van der Waals surface area contributed by atoms with Crippen molar-refractivity contribution in [1.29, 1.82) is 0 Å². The van der Waals surface area contributed by atoms with Crippen LogP contribution in [0.15, 0.2) is 65.6 Å². The van der Waals surface area contributed by atoms with Gasteiger partial charge in [-0.05, 0) is 29.3 Å². The first-order valence-corrected chi connectivity index (χ1v) is 12.7.